The van der Waals surface area contributed by atoms with Crippen LogP contribution in [0.25, 0.3) is 0 Å². The Labute approximate surface area is 142 Å². The maximum Gasteiger partial charge on any atom is 0.416 e. The lowest BCUT2D eigenvalue weighted by Gasteiger charge is -2.20. The van der Waals surface area contributed by atoms with E-state index in [-0.39, 0.29) is 11.5 Å². The lowest BCUT2D eigenvalue weighted by molar-refractivity contribution is -0.143. The van der Waals surface area contributed by atoms with E-state index in [1.807, 2.05) is 0 Å². The van der Waals surface area contributed by atoms with Gasteiger partial charge in [-0.05, 0) is 30.2 Å². The Morgan fingerprint density at radius 1 is 1.16 bits per heavy atom. The van der Waals surface area contributed by atoms with E-state index >= 15 is 0 Å². The molecule has 0 spiro atoms. The van der Waals surface area contributed by atoms with E-state index in [4.69, 9.17) is 5.11 Å². The number of hydrogen-bond acceptors (Lipinski definition) is 3. The first-order valence-electron chi connectivity index (χ1n) is 7.53. The number of carbonyl (C=O) groups excluding carboxylic acids is 2. The summed E-state index contributed by atoms with van der Waals surface area (Å²) in [5.41, 5.74) is -0.933. The maximum atomic E-state index is 12.5. The van der Waals surface area contributed by atoms with Crippen LogP contribution in [0.15, 0.2) is 24.3 Å². The third-order valence-electron chi connectivity index (χ3n) is 3.68. The fourth-order valence-electron chi connectivity index (χ4n) is 1.98. The molecule has 0 radical (unpaired) electrons. The average Bonchev–Trinajstić information content (AvgIpc) is 2.55. The van der Waals surface area contributed by atoms with Crippen molar-refractivity contribution in [2.45, 2.75) is 32.5 Å². The first kappa shape index (κ1) is 20.5. The van der Waals surface area contributed by atoms with E-state index in [2.05, 4.69) is 10.6 Å². The van der Waals surface area contributed by atoms with Crippen LogP contribution in [0, 0.1) is 5.92 Å². The minimum atomic E-state index is -4.50. The molecule has 0 saturated carbocycles. The van der Waals surface area contributed by atoms with Crippen LogP contribution in [0.1, 0.15) is 36.2 Å². The summed E-state index contributed by atoms with van der Waals surface area (Å²) in [5.74, 6) is -2.92. The maximum absolute atomic E-state index is 12.5. The van der Waals surface area contributed by atoms with Gasteiger partial charge in [0, 0.05) is 5.56 Å². The molecule has 2 atom stereocenters. The molecule has 0 bridgehead atoms. The molecule has 0 saturated heterocycles. The number of amides is 2. The molecule has 2 amide bonds. The van der Waals surface area contributed by atoms with Gasteiger partial charge in [0.2, 0.25) is 5.91 Å². The molecule has 25 heavy (non-hydrogen) atoms. The molecule has 138 valence electrons. The number of benzene rings is 1. The molecule has 0 aromatic heterocycles. The summed E-state index contributed by atoms with van der Waals surface area (Å²) < 4.78 is 37.4. The minimum absolute atomic E-state index is 0.0440. The number of nitrogens with one attached hydrogen (secondary N) is 2. The molecule has 6 nitrogen and oxygen atoms in total. The first-order valence-corrected chi connectivity index (χ1v) is 7.53. The summed E-state index contributed by atoms with van der Waals surface area (Å²) in [6, 6.07) is 2.43. The highest BCUT2D eigenvalue weighted by Crippen LogP contribution is 2.29. The molecule has 2 unspecified atom stereocenters. The second-order valence-electron chi connectivity index (χ2n) is 5.53. The third kappa shape index (κ3) is 6.09. The van der Waals surface area contributed by atoms with Crippen molar-refractivity contribution in [3.63, 3.8) is 0 Å². The molecule has 0 fully saturated rings. The first-order chi connectivity index (χ1) is 11.6. The predicted molar refractivity (Wildman–Crippen MR) is 82.8 cm³/mol. The Kier molecular flexibility index (Phi) is 6.96. The molecule has 9 heteroatoms. The summed E-state index contributed by atoms with van der Waals surface area (Å²) in [4.78, 5) is 34.7. The van der Waals surface area contributed by atoms with Gasteiger partial charge >= 0.3 is 12.1 Å². The van der Waals surface area contributed by atoms with Crippen molar-refractivity contribution in [3.05, 3.63) is 35.4 Å². The minimum Gasteiger partial charge on any atom is -0.480 e. The van der Waals surface area contributed by atoms with Gasteiger partial charge in [-0.25, -0.2) is 4.79 Å². The van der Waals surface area contributed by atoms with Crippen LogP contribution in [0.3, 0.4) is 0 Å². The smallest absolute Gasteiger partial charge is 0.416 e. The second kappa shape index (κ2) is 8.50. The Morgan fingerprint density at radius 2 is 1.72 bits per heavy atom. The standard InChI is InChI=1S/C16H19F3N2O4/c1-3-9(2)13(15(24)25)21-12(22)8-20-14(23)10-4-6-11(7-5-10)16(17,18)19/h4-7,9,13H,3,8H2,1-2H3,(H,20,23)(H,21,22)(H,24,25). The Balaban J connectivity index is 2.61. The lowest BCUT2D eigenvalue weighted by Crippen LogP contribution is -2.48. The van der Waals surface area contributed by atoms with Gasteiger partial charge in [0.15, 0.2) is 0 Å². The van der Waals surface area contributed by atoms with Gasteiger partial charge < -0.3 is 15.7 Å². The van der Waals surface area contributed by atoms with E-state index in [1.165, 1.54) is 0 Å². The van der Waals surface area contributed by atoms with Crippen LogP contribution < -0.4 is 10.6 Å². The summed E-state index contributed by atoms with van der Waals surface area (Å²) in [7, 11) is 0. The Bertz CT molecular complexity index is 629. The fraction of sp³-hybridized carbons (Fsp3) is 0.438. The van der Waals surface area contributed by atoms with Gasteiger partial charge in [-0.2, -0.15) is 13.2 Å². The van der Waals surface area contributed by atoms with Gasteiger partial charge in [-0.15, -0.1) is 0 Å². The number of rotatable bonds is 7. The van der Waals surface area contributed by atoms with E-state index < -0.39 is 42.1 Å². The van der Waals surface area contributed by atoms with Gasteiger partial charge in [0.05, 0.1) is 12.1 Å². The zero-order valence-electron chi connectivity index (χ0n) is 13.7. The summed E-state index contributed by atoms with van der Waals surface area (Å²) in [5, 5.41) is 13.6. The summed E-state index contributed by atoms with van der Waals surface area (Å²) >= 11 is 0. The van der Waals surface area contributed by atoms with Crippen molar-refractivity contribution >= 4 is 17.8 Å². The molecule has 0 heterocycles. The quantitative estimate of drug-likeness (QED) is 0.693. The van der Waals surface area contributed by atoms with Crippen molar-refractivity contribution in [1.82, 2.24) is 10.6 Å². The normalized spacial score (nSPS) is 13.6. The molecule has 1 aromatic carbocycles. The number of carboxylic acid groups (broad SMARTS) is 1. The van der Waals surface area contributed by atoms with Crippen molar-refractivity contribution in [2.24, 2.45) is 5.92 Å². The predicted octanol–water partition coefficient (Wildman–Crippen LogP) is 2.05. The number of hydrogen-bond donors (Lipinski definition) is 3. The van der Waals surface area contributed by atoms with Crippen LogP contribution in [0.5, 0.6) is 0 Å². The molecular formula is C16H19F3N2O4. The van der Waals surface area contributed by atoms with E-state index in [1.54, 1.807) is 13.8 Å². The van der Waals surface area contributed by atoms with Gasteiger partial charge in [-0.1, -0.05) is 20.3 Å². The monoisotopic (exact) mass is 360 g/mol. The zero-order valence-corrected chi connectivity index (χ0v) is 13.7. The van der Waals surface area contributed by atoms with Gasteiger partial charge in [0.25, 0.3) is 5.91 Å². The highest BCUT2D eigenvalue weighted by molar-refractivity contribution is 5.96. The number of alkyl halides is 3. The average molecular weight is 360 g/mol. The molecule has 0 aliphatic rings. The van der Waals surface area contributed by atoms with E-state index in [9.17, 15) is 27.6 Å². The van der Waals surface area contributed by atoms with Gasteiger partial charge in [-0.3, -0.25) is 9.59 Å². The fourth-order valence-corrected chi connectivity index (χ4v) is 1.98. The Hall–Kier alpha value is -2.58. The molecular weight excluding hydrogens is 341 g/mol. The zero-order chi connectivity index (χ0) is 19.2. The number of carboxylic acids is 1. The molecule has 1 aromatic rings. The molecule has 0 aliphatic heterocycles. The van der Waals surface area contributed by atoms with Crippen LogP contribution in [0.2, 0.25) is 0 Å². The number of halogens is 3. The molecule has 3 N–H and O–H groups in total. The molecule has 0 aliphatic carbocycles. The van der Waals surface area contributed by atoms with Crippen molar-refractivity contribution in [2.75, 3.05) is 6.54 Å². The SMILES string of the molecule is CCC(C)C(NC(=O)CNC(=O)c1ccc(C(F)(F)F)cc1)C(=O)O. The molecule has 1 rings (SSSR count). The second-order valence-corrected chi connectivity index (χ2v) is 5.53. The largest absolute Gasteiger partial charge is 0.480 e. The summed E-state index contributed by atoms with van der Waals surface area (Å²) in [6.45, 7) is 2.96. The summed E-state index contributed by atoms with van der Waals surface area (Å²) in [6.07, 6.45) is -3.97. The van der Waals surface area contributed by atoms with E-state index in [0.29, 0.717) is 6.42 Å². The van der Waals surface area contributed by atoms with Crippen molar-refractivity contribution in [3.8, 4) is 0 Å². The van der Waals surface area contributed by atoms with Crippen molar-refractivity contribution < 1.29 is 32.7 Å². The van der Waals surface area contributed by atoms with E-state index in [0.717, 1.165) is 24.3 Å². The van der Waals surface area contributed by atoms with Crippen LogP contribution in [-0.4, -0.2) is 35.5 Å². The lowest BCUT2D eigenvalue weighted by atomic mass is 9.99. The van der Waals surface area contributed by atoms with Crippen LogP contribution in [0.4, 0.5) is 13.2 Å². The van der Waals surface area contributed by atoms with Crippen LogP contribution in [-0.2, 0) is 15.8 Å². The van der Waals surface area contributed by atoms with Gasteiger partial charge in [0.1, 0.15) is 6.04 Å². The topological polar surface area (TPSA) is 95.5 Å². The highest BCUT2D eigenvalue weighted by Gasteiger charge is 2.30. The van der Waals surface area contributed by atoms with Crippen LogP contribution >= 0.6 is 0 Å². The van der Waals surface area contributed by atoms with Crippen molar-refractivity contribution in [1.29, 1.82) is 0 Å². The number of carbonyl (C=O) groups is 3. The number of aliphatic carboxylic acids is 1. The Morgan fingerprint density at radius 3 is 2.16 bits per heavy atom. The third-order valence-corrected chi connectivity index (χ3v) is 3.68. The highest BCUT2D eigenvalue weighted by atomic mass is 19.4.